The molecule has 17 heavy (non-hydrogen) atoms. The maximum atomic E-state index is 5.76. The van der Waals surface area contributed by atoms with Crippen molar-refractivity contribution in [1.29, 1.82) is 0 Å². The van der Waals surface area contributed by atoms with Gasteiger partial charge in [-0.05, 0) is 59.3 Å². The number of nitrogens with zero attached hydrogens (tertiary/aromatic N) is 1. The van der Waals surface area contributed by atoms with Crippen LogP contribution in [0.5, 0.6) is 0 Å². The lowest BCUT2D eigenvalue weighted by atomic mass is 10.1. The molecule has 1 aliphatic rings. The van der Waals surface area contributed by atoms with E-state index >= 15 is 0 Å². The van der Waals surface area contributed by atoms with Crippen molar-refractivity contribution in [3.8, 4) is 0 Å². The van der Waals surface area contributed by atoms with Crippen molar-refractivity contribution >= 4 is 0 Å². The number of hydrogen-bond donors (Lipinski definition) is 1. The van der Waals surface area contributed by atoms with Gasteiger partial charge < -0.3 is 15.0 Å². The standard InChI is InChI=1S/C14H30N2O/c1-15-10-6-3-4-7-11-16(2)13-14-9-5-8-12-17-14/h14-15H,3-13H2,1-2H3. The van der Waals surface area contributed by atoms with E-state index in [-0.39, 0.29) is 0 Å². The van der Waals surface area contributed by atoms with E-state index in [9.17, 15) is 0 Å². The molecule has 1 N–H and O–H groups in total. The Bertz CT molecular complexity index is 170. The molecule has 0 aliphatic carbocycles. The van der Waals surface area contributed by atoms with Gasteiger partial charge in [-0.15, -0.1) is 0 Å². The smallest absolute Gasteiger partial charge is 0.0701 e. The quantitative estimate of drug-likeness (QED) is 0.628. The summed E-state index contributed by atoms with van der Waals surface area (Å²) in [5.74, 6) is 0. The van der Waals surface area contributed by atoms with Crippen LogP contribution in [0.15, 0.2) is 0 Å². The normalized spacial score (nSPS) is 21.0. The lowest BCUT2D eigenvalue weighted by Gasteiger charge is -2.27. The van der Waals surface area contributed by atoms with E-state index in [0.29, 0.717) is 6.10 Å². The van der Waals surface area contributed by atoms with Gasteiger partial charge in [0, 0.05) is 13.2 Å². The van der Waals surface area contributed by atoms with E-state index in [1.807, 2.05) is 7.05 Å². The van der Waals surface area contributed by atoms with Crippen LogP contribution in [-0.4, -0.2) is 51.3 Å². The van der Waals surface area contributed by atoms with Crippen molar-refractivity contribution < 1.29 is 4.74 Å². The first kappa shape index (κ1) is 14.9. The molecule has 102 valence electrons. The number of rotatable bonds is 9. The van der Waals surface area contributed by atoms with Crippen LogP contribution >= 0.6 is 0 Å². The monoisotopic (exact) mass is 242 g/mol. The molecule has 3 nitrogen and oxygen atoms in total. The molecule has 0 bridgehead atoms. The summed E-state index contributed by atoms with van der Waals surface area (Å²) in [6, 6.07) is 0. The molecule has 3 heteroatoms. The van der Waals surface area contributed by atoms with Crippen molar-refractivity contribution in [1.82, 2.24) is 10.2 Å². The second-order valence-electron chi connectivity index (χ2n) is 5.27. The summed E-state index contributed by atoms with van der Waals surface area (Å²) in [5, 5.41) is 3.19. The summed E-state index contributed by atoms with van der Waals surface area (Å²) in [7, 11) is 4.25. The Labute approximate surface area is 107 Å². The van der Waals surface area contributed by atoms with Crippen LogP contribution in [-0.2, 0) is 4.74 Å². The number of ether oxygens (including phenoxy) is 1. The third-order valence-electron chi connectivity index (χ3n) is 3.51. The average molecular weight is 242 g/mol. The van der Waals surface area contributed by atoms with E-state index in [1.54, 1.807) is 0 Å². The van der Waals surface area contributed by atoms with Crippen LogP contribution in [0.3, 0.4) is 0 Å². The Balaban J connectivity index is 1.91. The summed E-state index contributed by atoms with van der Waals surface area (Å²) in [6.07, 6.45) is 9.71. The van der Waals surface area contributed by atoms with Gasteiger partial charge in [0.2, 0.25) is 0 Å². The SMILES string of the molecule is CNCCCCCCN(C)CC1CCCCO1. The topological polar surface area (TPSA) is 24.5 Å². The number of hydrogen-bond acceptors (Lipinski definition) is 3. The molecule has 1 rings (SSSR count). The fraction of sp³-hybridized carbons (Fsp3) is 1.00. The van der Waals surface area contributed by atoms with Gasteiger partial charge >= 0.3 is 0 Å². The van der Waals surface area contributed by atoms with Crippen molar-refractivity contribution in [3.63, 3.8) is 0 Å². The molecule has 1 fully saturated rings. The number of likely N-dealkylation sites (N-methyl/N-ethyl adjacent to an activating group) is 1. The molecule has 1 aliphatic heterocycles. The summed E-state index contributed by atoms with van der Waals surface area (Å²) in [6.45, 7) is 4.48. The van der Waals surface area contributed by atoms with Gasteiger partial charge in [0.25, 0.3) is 0 Å². The van der Waals surface area contributed by atoms with Crippen molar-refractivity contribution in [2.24, 2.45) is 0 Å². The predicted octanol–water partition coefficient (Wildman–Crippen LogP) is 2.27. The lowest BCUT2D eigenvalue weighted by Crippen LogP contribution is -2.33. The molecule has 1 unspecified atom stereocenters. The minimum atomic E-state index is 0.498. The second kappa shape index (κ2) is 9.86. The second-order valence-corrected chi connectivity index (χ2v) is 5.27. The van der Waals surface area contributed by atoms with E-state index in [0.717, 1.165) is 19.7 Å². The first-order valence-corrected chi connectivity index (χ1v) is 7.27. The van der Waals surface area contributed by atoms with Gasteiger partial charge in [-0.3, -0.25) is 0 Å². The Morgan fingerprint density at radius 1 is 1.18 bits per heavy atom. The molecule has 0 saturated carbocycles. The highest BCUT2D eigenvalue weighted by molar-refractivity contribution is 4.67. The van der Waals surface area contributed by atoms with Crippen LogP contribution in [0.4, 0.5) is 0 Å². The maximum absolute atomic E-state index is 5.76. The predicted molar refractivity (Wildman–Crippen MR) is 73.5 cm³/mol. The summed E-state index contributed by atoms with van der Waals surface area (Å²) >= 11 is 0. The first-order chi connectivity index (χ1) is 8.33. The van der Waals surface area contributed by atoms with E-state index in [1.165, 1.54) is 51.5 Å². The first-order valence-electron chi connectivity index (χ1n) is 7.27. The van der Waals surface area contributed by atoms with Crippen LogP contribution in [0.1, 0.15) is 44.9 Å². The molecule has 1 saturated heterocycles. The van der Waals surface area contributed by atoms with Crippen LogP contribution in [0.2, 0.25) is 0 Å². The minimum absolute atomic E-state index is 0.498. The molecular weight excluding hydrogens is 212 g/mol. The van der Waals surface area contributed by atoms with Gasteiger partial charge in [0.15, 0.2) is 0 Å². The largest absolute Gasteiger partial charge is 0.377 e. The van der Waals surface area contributed by atoms with E-state index in [2.05, 4.69) is 17.3 Å². The Hall–Kier alpha value is -0.120. The zero-order chi connectivity index (χ0) is 12.3. The third kappa shape index (κ3) is 7.74. The molecule has 0 spiro atoms. The Morgan fingerprint density at radius 2 is 2.00 bits per heavy atom. The van der Waals surface area contributed by atoms with Gasteiger partial charge in [-0.2, -0.15) is 0 Å². The fourth-order valence-electron chi connectivity index (χ4n) is 2.43. The summed E-state index contributed by atoms with van der Waals surface area (Å²) < 4.78 is 5.76. The van der Waals surface area contributed by atoms with Gasteiger partial charge in [0.1, 0.15) is 0 Å². The van der Waals surface area contributed by atoms with E-state index < -0.39 is 0 Å². The van der Waals surface area contributed by atoms with Crippen LogP contribution in [0, 0.1) is 0 Å². The Morgan fingerprint density at radius 3 is 2.71 bits per heavy atom. The maximum Gasteiger partial charge on any atom is 0.0701 e. The summed E-state index contributed by atoms with van der Waals surface area (Å²) in [5.41, 5.74) is 0. The van der Waals surface area contributed by atoms with Gasteiger partial charge in [-0.25, -0.2) is 0 Å². The average Bonchev–Trinajstić information content (AvgIpc) is 2.35. The number of unbranched alkanes of at least 4 members (excludes halogenated alkanes) is 3. The molecule has 1 atom stereocenters. The zero-order valence-corrected chi connectivity index (χ0v) is 11.7. The highest BCUT2D eigenvalue weighted by Crippen LogP contribution is 2.13. The van der Waals surface area contributed by atoms with Crippen molar-refractivity contribution in [2.45, 2.75) is 51.0 Å². The van der Waals surface area contributed by atoms with Crippen LogP contribution < -0.4 is 5.32 Å². The molecule has 0 aromatic heterocycles. The molecule has 0 aromatic carbocycles. The highest BCUT2D eigenvalue weighted by atomic mass is 16.5. The molecule has 1 heterocycles. The van der Waals surface area contributed by atoms with Crippen LogP contribution in [0.25, 0.3) is 0 Å². The highest BCUT2D eigenvalue weighted by Gasteiger charge is 2.15. The Kier molecular flexibility index (Phi) is 8.67. The number of nitrogens with one attached hydrogen (secondary N) is 1. The van der Waals surface area contributed by atoms with Gasteiger partial charge in [0.05, 0.1) is 6.10 Å². The molecule has 0 radical (unpaired) electrons. The fourth-order valence-corrected chi connectivity index (χ4v) is 2.43. The molecule has 0 amide bonds. The third-order valence-corrected chi connectivity index (χ3v) is 3.51. The minimum Gasteiger partial charge on any atom is -0.377 e. The van der Waals surface area contributed by atoms with Crippen molar-refractivity contribution in [2.75, 3.05) is 40.3 Å². The van der Waals surface area contributed by atoms with E-state index in [4.69, 9.17) is 4.74 Å². The molecule has 0 aromatic rings. The molecular formula is C14H30N2O. The lowest BCUT2D eigenvalue weighted by molar-refractivity contribution is -0.00160. The van der Waals surface area contributed by atoms with Crippen molar-refractivity contribution in [3.05, 3.63) is 0 Å². The van der Waals surface area contributed by atoms with Gasteiger partial charge in [-0.1, -0.05) is 12.8 Å². The zero-order valence-electron chi connectivity index (χ0n) is 11.7. The summed E-state index contributed by atoms with van der Waals surface area (Å²) in [4.78, 5) is 2.44.